The fourth-order valence-electron chi connectivity index (χ4n) is 4.54. The average molecular weight is 507 g/mol. The Balaban J connectivity index is 1.78. The van der Waals surface area contributed by atoms with Gasteiger partial charge in [-0.1, -0.05) is 30.3 Å². The lowest BCUT2D eigenvalue weighted by Crippen LogP contribution is -2.59. The summed E-state index contributed by atoms with van der Waals surface area (Å²) >= 11 is 0. The number of carboxylic acids is 1. The van der Waals surface area contributed by atoms with Crippen LogP contribution >= 0.6 is 0 Å². The van der Waals surface area contributed by atoms with Crippen LogP contribution in [0.25, 0.3) is 11.1 Å². The minimum Gasteiger partial charge on any atom is -0.496 e. The van der Waals surface area contributed by atoms with Crippen molar-refractivity contribution in [3.05, 3.63) is 48.0 Å². The second kappa shape index (κ2) is 11.9. The Morgan fingerprint density at radius 2 is 1.80 bits per heavy atom. The minimum atomic E-state index is -3.63. The number of nitrogens with one attached hydrogen (secondary N) is 2. The molecule has 1 fully saturated rings. The van der Waals surface area contributed by atoms with Gasteiger partial charge in [0.25, 0.3) is 0 Å². The number of aliphatic carboxylic acids is 1. The molecule has 0 amide bonds. The number of sulfone groups is 1. The van der Waals surface area contributed by atoms with Gasteiger partial charge in [-0.05, 0) is 49.1 Å². The number of carboxylic acid groups (broad SMARTS) is 1. The molecule has 1 aliphatic heterocycles. The van der Waals surface area contributed by atoms with Crippen molar-refractivity contribution in [2.24, 2.45) is 0 Å². The summed E-state index contributed by atoms with van der Waals surface area (Å²) < 4.78 is 35.6. The summed E-state index contributed by atoms with van der Waals surface area (Å²) in [5.74, 6) is -0.0728. The van der Waals surface area contributed by atoms with Crippen LogP contribution in [-0.2, 0) is 21.1 Å². The van der Waals surface area contributed by atoms with E-state index in [0.717, 1.165) is 16.7 Å². The zero-order valence-electron chi connectivity index (χ0n) is 20.1. The van der Waals surface area contributed by atoms with E-state index in [-0.39, 0.29) is 25.3 Å². The van der Waals surface area contributed by atoms with Crippen molar-refractivity contribution in [3.63, 3.8) is 0 Å². The van der Waals surface area contributed by atoms with E-state index in [2.05, 4.69) is 10.6 Å². The van der Waals surface area contributed by atoms with Gasteiger partial charge in [0.1, 0.15) is 17.5 Å². The lowest BCUT2D eigenvalue weighted by molar-refractivity contribution is -0.139. The molecule has 9 nitrogen and oxygen atoms in total. The zero-order chi connectivity index (χ0) is 25.5. The third-order valence-corrected chi connectivity index (χ3v) is 9.06. The smallest absolute Gasteiger partial charge is 0.321 e. The van der Waals surface area contributed by atoms with Gasteiger partial charge in [-0.3, -0.25) is 4.79 Å². The molecule has 1 unspecified atom stereocenters. The maximum absolute atomic E-state index is 12.9. The van der Waals surface area contributed by atoms with Crippen molar-refractivity contribution < 1.29 is 32.9 Å². The molecule has 2 aromatic carbocycles. The first-order chi connectivity index (χ1) is 16.8. The van der Waals surface area contributed by atoms with Gasteiger partial charge in [0.2, 0.25) is 0 Å². The lowest BCUT2D eigenvalue weighted by atomic mass is 9.96. The summed E-state index contributed by atoms with van der Waals surface area (Å²) in [6, 6.07) is 12.0. The molecule has 0 aromatic heterocycles. The van der Waals surface area contributed by atoms with E-state index in [0.29, 0.717) is 30.9 Å². The van der Waals surface area contributed by atoms with Gasteiger partial charge in [-0.25, -0.2) is 8.42 Å². The highest BCUT2D eigenvalue weighted by Crippen LogP contribution is 2.38. The number of hydrogen-bond acceptors (Lipinski definition) is 8. The predicted molar refractivity (Wildman–Crippen MR) is 134 cm³/mol. The van der Waals surface area contributed by atoms with Crippen LogP contribution in [0.2, 0.25) is 0 Å². The molecule has 1 saturated heterocycles. The number of carbonyl (C=O) groups is 1. The van der Waals surface area contributed by atoms with E-state index in [1.54, 1.807) is 14.2 Å². The molecule has 0 aliphatic carbocycles. The molecule has 3 rings (SSSR count). The molecule has 0 bridgehead atoms. The maximum Gasteiger partial charge on any atom is 0.321 e. The molecule has 0 radical (unpaired) electrons. The molecular weight excluding hydrogens is 472 g/mol. The fourth-order valence-corrected chi connectivity index (χ4v) is 6.29. The van der Waals surface area contributed by atoms with Crippen molar-refractivity contribution >= 4 is 15.8 Å². The van der Waals surface area contributed by atoms with Crippen molar-refractivity contribution in [2.75, 3.05) is 46.2 Å². The van der Waals surface area contributed by atoms with E-state index in [1.807, 2.05) is 42.5 Å². The quantitative estimate of drug-likeness (QED) is 0.338. The van der Waals surface area contributed by atoms with Gasteiger partial charge in [0.05, 0.1) is 36.9 Å². The highest BCUT2D eigenvalue weighted by Gasteiger charge is 2.44. The SMILES string of the molecule is COc1cccc(OC)c1-c1ccc(C[C@H](NCC2(S(=O)(=O)CCO)CCCNC2)C(=O)O)cc1. The first-order valence-electron chi connectivity index (χ1n) is 11.6. The normalized spacial score (nSPS) is 19.2. The number of aliphatic hydroxyl groups is 1. The molecule has 2 aromatic rings. The minimum absolute atomic E-state index is 0.00417. The summed E-state index contributed by atoms with van der Waals surface area (Å²) in [5, 5.41) is 25.2. The zero-order valence-corrected chi connectivity index (χ0v) is 20.9. The molecule has 35 heavy (non-hydrogen) atoms. The van der Waals surface area contributed by atoms with Crippen LogP contribution in [0.4, 0.5) is 0 Å². The fraction of sp³-hybridized carbons (Fsp3) is 0.480. The summed E-state index contributed by atoms with van der Waals surface area (Å²) in [7, 11) is -0.454. The van der Waals surface area contributed by atoms with Crippen molar-refractivity contribution in [3.8, 4) is 22.6 Å². The summed E-state index contributed by atoms with van der Waals surface area (Å²) in [6.07, 6.45) is 1.26. The topological polar surface area (TPSA) is 134 Å². The van der Waals surface area contributed by atoms with Crippen LogP contribution in [0.3, 0.4) is 0 Å². The number of piperidine rings is 1. The Hall–Kier alpha value is -2.66. The van der Waals surface area contributed by atoms with Crippen LogP contribution < -0.4 is 20.1 Å². The molecule has 0 saturated carbocycles. The third kappa shape index (κ3) is 6.13. The first kappa shape index (κ1) is 26.9. The monoisotopic (exact) mass is 506 g/mol. The Kier molecular flexibility index (Phi) is 9.12. The van der Waals surface area contributed by atoms with Crippen LogP contribution in [0.15, 0.2) is 42.5 Å². The molecule has 1 aliphatic rings. The molecule has 192 valence electrons. The average Bonchev–Trinajstić information content (AvgIpc) is 2.86. The second-order valence-corrected chi connectivity index (χ2v) is 11.2. The largest absolute Gasteiger partial charge is 0.496 e. The molecule has 10 heteroatoms. The Morgan fingerprint density at radius 3 is 2.31 bits per heavy atom. The molecule has 0 spiro atoms. The Labute approximate surface area is 206 Å². The number of hydrogen-bond donors (Lipinski definition) is 4. The molecule has 4 N–H and O–H groups in total. The number of rotatable bonds is 12. The van der Waals surface area contributed by atoms with Gasteiger partial charge in [-0.2, -0.15) is 0 Å². The van der Waals surface area contributed by atoms with Crippen molar-refractivity contribution in [1.29, 1.82) is 0 Å². The van der Waals surface area contributed by atoms with Gasteiger partial charge in [0.15, 0.2) is 9.84 Å². The highest BCUT2D eigenvalue weighted by atomic mass is 32.2. The second-order valence-electron chi connectivity index (χ2n) is 8.72. The van der Waals surface area contributed by atoms with Crippen LogP contribution in [0.5, 0.6) is 11.5 Å². The van der Waals surface area contributed by atoms with Gasteiger partial charge in [-0.15, -0.1) is 0 Å². The van der Waals surface area contributed by atoms with E-state index in [1.165, 1.54) is 0 Å². The molecular formula is C25H34N2O7S. The van der Waals surface area contributed by atoms with Crippen LogP contribution in [-0.4, -0.2) is 81.6 Å². The Morgan fingerprint density at radius 1 is 1.14 bits per heavy atom. The summed E-state index contributed by atoms with van der Waals surface area (Å²) in [5.41, 5.74) is 2.46. The van der Waals surface area contributed by atoms with Crippen molar-refractivity contribution in [1.82, 2.24) is 10.6 Å². The van der Waals surface area contributed by atoms with Crippen LogP contribution in [0.1, 0.15) is 18.4 Å². The van der Waals surface area contributed by atoms with Crippen LogP contribution in [0, 0.1) is 0 Å². The van der Waals surface area contributed by atoms with E-state index in [9.17, 15) is 23.4 Å². The lowest BCUT2D eigenvalue weighted by Gasteiger charge is -2.38. The van der Waals surface area contributed by atoms with Gasteiger partial charge >= 0.3 is 5.97 Å². The number of methoxy groups -OCH3 is 2. The highest BCUT2D eigenvalue weighted by molar-refractivity contribution is 7.92. The molecule has 1 heterocycles. The van der Waals surface area contributed by atoms with E-state index in [4.69, 9.17) is 9.47 Å². The third-order valence-electron chi connectivity index (χ3n) is 6.53. The first-order valence-corrected chi connectivity index (χ1v) is 13.2. The predicted octanol–water partition coefficient (Wildman–Crippen LogP) is 1.49. The van der Waals surface area contributed by atoms with E-state index < -0.39 is 33.2 Å². The van der Waals surface area contributed by atoms with Crippen molar-refractivity contribution in [2.45, 2.75) is 30.1 Å². The summed E-state index contributed by atoms with van der Waals surface area (Å²) in [4.78, 5) is 12.0. The summed E-state index contributed by atoms with van der Waals surface area (Å²) in [6.45, 7) is 0.470. The number of aliphatic hydroxyl groups excluding tert-OH is 1. The van der Waals surface area contributed by atoms with Gasteiger partial charge < -0.3 is 30.3 Å². The number of ether oxygens (including phenoxy) is 2. The van der Waals surface area contributed by atoms with Gasteiger partial charge in [0, 0.05) is 13.1 Å². The Bertz CT molecular complexity index is 1080. The maximum atomic E-state index is 12.9. The molecule has 2 atom stereocenters. The number of benzene rings is 2. The standard InChI is InChI=1S/C25H34N2O7S/c1-33-21-5-3-6-22(34-2)23(21)19-9-7-18(8-10-19)15-20(24(29)30)27-17-25(11-4-12-26-16-25)35(31,32)14-13-28/h3,5-10,20,26-28H,4,11-17H2,1-2H3,(H,29,30)/t20-,25?/m0/s1. The van der Waals surface area contributed by atoms with E-state index >= 15 is 0 Å².